The SMILES string of the molecule is C/C=C\C=C/C(NC(C)/C=C/C)=C(C)C. The van der Waals surface area contributed by atoms with Crippen LogP contribution in [-0.2, 0) is 0 Å². The Hall–Kier alpha value is -1.24. The predicted molar refractivity (Wildman–Crippen MR) is 69.7 cm³/mol. The van der Waals surface area contributed by atoms with E-state index in [4.69, 9.17) is 0 Å². The second-order valence-corrected chi connectivity index (χ2v) is 3.76. The minimum atomic E-state index is 0.371. The molecular weight excluding hydrogens is 182 g/mol. The van der Waals surface area contributed by atoms with Gasteiger partial charge in [0, 0.05) is 11.7 Å². The van der Waals surface area contributed by atoms with E-state index in [1.165, 1.54) is 11.3 Å². The molecule has 1 nitrogen and oxygen atoms in total. The Bertz CT molecular complexity index is 276. The van der Waals surface area contributed by atoms with E-state index in [1.54, 1.807) is 0 Å². The van der Waals surface area contributed by atoms with Gasteiger partial charge in [-0.2, -0.15) is 0 Å². The van der Waals surface area contributed by atoms with Gasteiger partial charge in [-0.3, -0.25) is 0 Å². The first-order chi connectivity index (χ1) is 7.11. The second-order valence-electron chi connectivity index (χ2n) is 3.76. The van der Waals surface area contributed by atoms with Gasteiger partial charge in [0.15, 0.2) is 0 Å². The third-order valence-electron chi connectivity index (χ3n) is 1.97. The van der Waals surface area contributed by atoms with E-state index in [2.05, 4.69) is 50.4 Å². The summed E-state index contributed by atoms with van der Waals surface area (Å²) in [6.45, 7) is 10.4. The van der Waals surface area contributed by atoms with E-state index in [-0.39, 0.29) is 0 Å². The van der Waals surface area contributed by atoms with Gasteiger partial charge >= 0.3 is 0 Å². The Labute approximate surface area is 94.3 Å². The summed E-state index contributed by atoms with van der Waals surface area (Å²) in [5.41, 5.74) is 2.49. The molecular formula is C14H23N. The zero-order chi connectivity index (χ0) is 11.7. The molecule has 0 bridgehead atoms. The predicted octanol–water partition coefficient (Wildman–Crippen LogP) is 3.97. The molecule has 15 heavy (non-hydrogen) atoms. The van der Waals surface area contributed by atoms with Crippen LogP contribution >= 0.6 is 0 Å². The van der Waals surface area contributed by atoms with Crippen molar-refractivity contribution in [3.8, 4) is 0 Å². The van der Waals surface area contributed by atoms with Crippen LogP contribution in [0.2, 0.25) is 0 Å². The van der Waals surface area contributed by atoms with Gasteiger partial charge in [0.1, 0.15) is 0 Å². The topological polar surface area (TPSA) is 12.0 Å². The van der Waals surface area contributed by atoms with Crippen molar-refractivity contribution in [1.29, 1.82) is 0 Å². The Morgan fingerprint density at radius 2 is 1.73 bits per heavy atom. The molecule has 1 heteroatoms. The minimum absolute atomic E-state index is 0.371. The molecule has 1 unspecified atom stereocenters. The number of rotatable bonds is 5. The van der Waals surface area contributed by atoms with Gasteiger partial charge in [0.25, 0.3) is 0 Å². The number of allylic oxidation sites excluding steroid dienone is 6. The van der Waals surface area contributed by atoms with Gasteiger partial charge in [0.2, 0.25) is 0 Å². The van der Waals surface area contributed by atoms with Gasteiger partial charge in [-0.05, 0) is 40.7 Å². The van der Waals surface area contributed by atoms with Gasteiger partial charge in [0.05, 0.1) is 0 Å². The molecule has 0 aliphatic heterocycles. The summed E-state index contributed by atoms with van der Waals surface area (Å²) in [4.78, 5) is 0. The van der Waals surface area contributed by atoms with Crippen LogP contribution in [0.5, 0.6) is 0 Å². The van der Waals surface area contributed by atoms with Crippen LogP contribution in [0.1, 0.15) is 34.6 Å². The van der Waals surface area contributed by atoms with Crippen LogP contribution in [0.4, 0.5) is 0 Å². The van der Waals surface area contributed by atoms with E-state index < -0.39 is 0 Å². The first-order valence-electron chi connectivity index (χ1n) is 5.48. The minimum Gasteiger partial charge on any atom is -0.379 e. The number of nitrogens with one attached hydrogen (secondary N) is 1. The fraction of sp³-hybridized carbons (Fsp3) is 0.429. The number of hydrogen-bond acceptors (Lipinski definition) is 1. The molecule has 0 aliphatic rings. The van der Waals surface area contributed by atoms with Crippen molar-refractivity contribution in [1.82, 2.24) is 5.32 Å². The normalized spacial score (nSPS) is 13.9. The molecule has 0 saturated heterocycles. The van der Waals surface area contributed by atoms with Crippen LogP contribution in [0.3, 0.4) is 0 Å². The summed E-state index contributed by atoms with van der Waals surface area (Å²) in [6.07, 6.45) is 12.4. The van der Waals surface area contributed by atoms with Crippen LogP contribution in [0, 0.1) is 0 Å². The highest BCUT2D eigenvalue weighted by Gasteiger charge is 1.98. The Kier molecular flexibility index (Phi) is 7.43. The average Bonchev–Trinajstić information content (AvgIpc) is 2.16. The molecule has 0 aliphatic carbocycles. The zero-order valence-corrected chi connectivity index (χ0v) is 10.5. The highest BCUT2D eigenvalue weighted by atomic mass is 14.9. The fourth-order valence-electron chi connectivity index (χ4n) is 1.20. The second kappa shape index (κ2) is 8.10. The lowest BCUT2D eigenvalue weighted by Crippen LogP contribution is -2.23. The van der Waals surface area contributed by atoms with E-state index >= 15 is 0 Å². The highest BCUT2D eigenvalue weighted by Crippen LogP contribution is 2.03. The molecule has 0 aromatic carbocycles. The van der Waals surface area contributed by atoms with Gasteiger partial charge < -0.3 is 5.32 Å². The molecule has 0 fully saturated rings. The first kappa shape index (κ1) is 13.8. The Morgan fingerprint density at radius 3 is 2.20 bits per heavy atom. The molecule has 84 valence electrons. The highest BCUT2D eigenvalue weighted by molar-refractivity contribution is 5.25. The van der Waals surface area contributed by atoms with Gasteiger partial charge in [-0.25, -0.2) is 0 Å². The van der Waals surface area contributed by atoms with Crippen LogP contribution in [0.25, 0.3) is 0 Å². The smallest absolute Gasteiger partial charge is 0.0416 e. The van der Waals surface area contributed by atoms with Crippen molar-refractivity contribution < 1.29 is 0 Å². The lowest BCUT2D eigenvalue weighted by molar-refractivity contribution is 0.734. The van der Waals surface area contributed by atoms with Crippen LogP contribution in [-0.4, -0.2) is 6.04 Å². The molecule has 0 aromatic heterocycles. The van der Waals surface area contributed by atoms with Crippen LogP contribution < -0.4 is 5.32 Å². The third kappa shape index (κ3) is 6.78. The van der Waals surface area contributed by atoms with E-state index in [0.717, 1.165) is 0 Å². The zero-order valence-electron chi connectivity index (χ0n) is 10.5. The molecule has 0 saturated carbocycles. The van der Waals surface area contributed by atoms with Crippen molar-refractivity contribution in [2.75, 3.05) is 0 Å². The first-order valence-corrected chi connectivity index (χ1v) is 5.48. The van der Waals surface area contributed by atoms with Crippen molar-refractivity contribution in [3.05, 3.63) is 47.7 Å². The third-order valence-corrected chi connectivity index (χ3v) is 1.97. The summed E-state index contributed by atoms with van der Waals surface area (Å²) in [5, 5.41) is 3.45. The molecule has 1 N–H and O–H groups in total. The molecule has 1 atom stereocenters. The van der Waals surface area contributed by atoms with Crippen molar-refractivity contribution >= 4 is 0 Å². The van der Waals surface area contributed by atoms with Gasteiger partial charge in [-0.1, -0.05) is 36.0 Å². The molecule has 0 spiro atoms. The van der Waals surface area contributed by atoms with E-state index in [0.29, 0.717) is 6.04 Å². The van der Waals surface area contributed by atoms with Gasteiger partial charge in [-0.15, -0.1) is 0 Å². The maximum atomic E-state index is 3.45. The summed E-state index contributed by atoms with van der Waals surface area (Å²) >= 11 is 0. The van der Waals surface area contributed by atoms with Crippen LogP contribution in [0.15, 0.2) is 47.7 Å². The lowest BCUT2D eigenvalue weighted by Gasteiger charge is -2.13. The summed E-state index contributed by atoms with van der Waals surface area (Å²) < 4.78 is 0. The van der Waals surface area contributed by atoms with E-state index in [9.17, 15) is 0 Å². The maximum absolute atomic E-state index is 3.45. The summed E-state index contributed by atoms with van der Waals surface area (Å²) in [6, 6.07) is 0.371. The molecule has 0 radical (unpaired) electrons. The average molecular weight is 205 g/mol. The molecule has 0 rings (SSSR count). The summed E-state index contributed by atoms with van der Waals surface area (Å²) in [5.74, 6) is 0. The molecule has 0 amide bonds. The standard InChI is InChI=1S/C14H23N/c1-6-8-9-11-14(12(3)4)15-13(5)10-7-2/h6-11,13,15H,1-5H3/b8-6-,10-7+,11-9-. The van der Waals surface area contributed by atoms with E-state index in [1.807, 2.05) is 26.0 Å². The molecule has 0 aromatic rings. The Morgan fingerprint density at radius 1 is 1.07 bits per heavy atom. The summed E-state index contributed by atoms with van der Waals surface area (Å²) in [7, 11) is 0. The molecule has 0 heterocycles. The van der Waals surface area contributed by atoms with Crippen molar-refractivity contribution in [3.63, 3.8) is 0 Å². The Balaban J connectivity index is 4.51. The number of hydrogen-bond donors (Lipinski definition) is 1. The quantitative estimate of drug-likeness (QED) is 0.529. The largest absolute Gasteiger partial charge is 0.379 e. The monoisotopic (exact) mass is 205 g/mol. The lowest BCUT2D eigenvalue weighted by atomic mass is 10.2. The fourth-order valence-corrected chi connectivity index (χ4v) is 1.20. The van der Waals surface area contributed by atoms with Crippen molar-refractivity contribution in [2.45, 2.75) is 40.7 Å². The van der Waals surface area contributed by atoms with Crippen molar-refractivity contribution in [2.24, 2.45) is 0 Å². The maximum Gasteiger partial charge on any atom is 0.0416 e.